The summed E-state index contributed by atoms with van der Waals surface area (Å²) in [5, 5.41) is 22.6. The molecule has 0 radical (unpaired) electrons. The number of pyridine rings is 1. The summed E-state index contributed by atoms with van der Waals surface area (Å²) in [5.74, 6) is 0.909. The summed E-state index contributed by atoms with van der Waals surface area (Å²) < 4.78 is 0. The first-order valence-corrected chi connectivity index (χ1v) is 6.33. The summed E-state index contributed by atoms with van der Waals surface area (Å²) in [6.45, 7) is 4.09. The van der Waals surface area contributed by atoms with Gasteiger partial charge in [0.05, 0.1) is 29.8 Å². The fourth-order valence-corrected chi connectivity index (χ4v) is 1.95. The van der Waals surface area contributed by atoms with Crippen LogP contribution in [0.4, 0.5) is 5.82 Å². The van der Waals surface area contributed by atoms with Crippen molar-refractivity contribution in [2.45, 2.75) is 19.9 Å². The highest BCUT2D eigenvalue weighted by Crippen LogP contribution is 2.21. The van der Waals surface area contributed by atoms with Crippen molar-refractivity contribution in [2.24, 2.45) is 5.92 Å². The largest absolute Gasteiger partial charge is 0.394 e. The number of nitrogens with zero attached hydrogens (tertiary/aromatic N) is 2. The first kappa shape index (κ1) is 13.3. The second-order valence-electron chi connectivity index (χ2n) is 4.86. The molecule has 4 nitrogen and oxygen atoms in total. The number of hydrogen-bond donors (Lipinski definition) is 2. The second-order valence-corrected chi connectivity index (χ2v) is 4.86. The van der Waals surface area contributed by atoms with Gasteiger partial charge in [-0.3, -0.25) is 0 Å². The summed E-state index contributed by atoms with van der Waals surface area (Å²) in [4.78, 5) is 4.48. The Labute approximate surface area is 112 Å². The number of fused-ring (bicyclic) bond motifs is 1. The van der Waals surface area contributed by atoms with Gasteiger partial charge in [0.15, 0.2) is 0 Å². The van der Waals surface area contributed by atoms with Gasteiger partial charge < -0.3 is 10.4 Å². The summed E-state index contributed by atoms with van der Waals surface area (Å²) in [7, 11) is 0. The normalized spacial score (nSPS) is 12.4. The van der Waals surface area contributed by atoms with Crippen molar-refractivity contribution in [3.8, 4) is 6.07 Å². The molecule has 19 heavy (non-hydrogen) atoms. The lowest BCUT2D eigenvalue weighted by Crippen LogP contribution is -2.29. The van der Waals surface area contributed by atoms with Gasteiger partial charge in [-0.25, -0.2) is 4.98 Å². The van der Waals surface area contributed by atoms with E-state index >= 15 is 0 Å². The maximum Gasteiger partial charge on any atom is 0.128 e. The molecule has 2 aromatic rings. The second kappa shape index (κ2) is 5.68. The number of para-hydroxylation sites is 1. The van der Waals surface area contributed by atoms with E-state index in [1.165, 1.54) is 0 Å². The maximum absolute atomic E-state index is 9.34. The molecule has 0 bridgehead atoms. The summed E-state index contributed by atoms with van der Waals surface area (Å²) in [6, 6.07) is 11.4. The Morgan fingerprint density at radius 1 is 1.37 bits per heavy atom. The number of hydrogen-bond acceptors (Lipinski definition) is 4. The van der Waals surface area contributed by atoms with Crippen molar-refractivity contribution in [1.82, 2.24) is 4.98 Å². The molecule has 0 aliphatic carbocycles. The third-order valence-corrected chi connectivity index (χ3v) is 3.17. The van der Waals surface area contributed by atoms with E-state index < -0.39 is 0 Å². The minimum absolute atomic E-state index is 0.0358. The minimum atomic E-state index is -0.0693. The number of aliphatic hydroxyl groups is 1. The van der Waals surface area contributed by atoms with E-state index in [0.717, 1.165) is 10.9 Å². The molecule has 0 aliphatic rings. The van der Waals surface area contributed by atoms with E-state index in [9.17, 15) is 10.4 Å². The zero-order valence-corrected chi connectivity index (χ0v) is 11.1. The predicted octanol–water partition coefficient (Wildman–Crippen LogP) is 2.54. The van der Waals surface area contributed by atoms with Gasteiger partial charge >= 0.3 is 0 Å². The van der Waals surface area contributed by atoms with Gasteiger partial charge in [-0.15, -0.1) is 0 Å². The fraction of sp³-hybridized carbons (Fsp3) is 0.333. The predicted molar refractivity (Wildman–Crippen MR) is 75.8 cm³/mol. The monoisotopic (exact) mass is 255 g/mol. The Morgan fingerprint density at radius 2 is 2.11 bits per heavy atom. The molecule has 2 rings (SSSR count). The molecule has 2 N–H and O–H groups in total. The third kappa shape index (κ3) is 2.83. The van der Waals surface area contributed by atoms with Crippen LogP contribution in [0.15, 0.2) is 30.3 Å². The van der Waals surface area contributed by atoms with Gasteiger partial charge in [0.25, 0.3) is 0 Å². The zero-order valence-electron chi connectivity index (χ0n) is 11.1. The Morgan fingerprint density at radius 3 is 2.74 bits per heavy atom. The van der Waals surface area contributed by atoms with Crippen LogP contribution in [0.5, 0.6) is 0 Å². The molecule has 0 saturated carbocycles. The molecule has 4 heteroatoms. The lowest BCUT2D eigenvalue weighted by molar-refractivity contribution is 0.249. The van der Waals surface area contributed by atoms with Crippen LogP contribution >= 0.6 is 0 Å². The Bertz CT molecular complexity index is 616. The molecule has 0 unspecified atom stereocenters. The van der Waals surface area contributed by atoms with Gasteiger partial charge in [-0.05, 0) is 18.1 Å². The van der Waals surface area contributed by atoms with Gasteiger partial charge in [-0.2, -0.15) is 5.26 Å². The van der Waals surface area contributed by atoms with Crippen LogP contribution in [-0.2, 0) is 0 Å². The van der Waals surface area contributed by atoms with Gasteiger partial charge in [0.1, 0.15) is 5.82 Å². The number of nitrogens with one attached hydrogen (secondary N) is 1. The standard InChI is InChI=1S/C15H17N3O/c1-10(2)14(9-19)18-15-7-11(8-16)12-5-3-4-6-13(12)17-15/h3-7,10,14,19H,9H2,1-2H3,(H,17,18)/t14-/m1/s1. The summed E-state index contributed by atoms with van der Waals surface area (Å²) in [5.41, 5.74) is 1.37. The number of aliphatic hydroxyl groups excluding tert-OH is 1. The SMILES string of the molecule is CC(C)[C@@H](CO)Nc1cc(C#N)c2ccccc2n1. The highest BCUT2D eigenvalue weighted by molar-refractivity contribution is 5.86. The van der Waals surface area contributed by atoms with Gasteiger partial charge in [0.2, 0.25) is 0 Å². The highest BCUT2D eigenvalue weighted by atomic mass is 16.3. The van der Waals surface area contributed by atoms with Crippen LogP contribution in [-0.4, -0.2) is 22.7 Å². The Balaban J connectivity index is 2.42. The van der Waals surface area contributed by atoms with Crippen molar-refractivity contribution in [2.75, 3.05) is 11.9 Å². The molecule has 1 heterocycles. The van der Waals surface area contributed by atoms with Crippen LogP contribution in [0, 0.1) is 17.2 Å². The number of aromatic nitrogens is 1. The van der Waals surface area contributed by atoms with Crippen molar-refractivity contribution < 1.29 is 5.11 Å². The highest BCUT2D eigenvalue weighted by Gasteiger charge is 2.13. The molecule has 0 amide bonds. The van der Waals surface area contributed by atoms with E-state index in [4.69, 9.17) is 0 Å². The number of nitriles is 1. The average molecular weight is 255 g/mol. The molecular weight excluding hydrogens is 238 g/mol. The molecule has 98 valence electrons. The minimum Gasteiger partial charge on any atom is -0.394 e. The first-order valence-electron chi connectivity index (χ1n) is 6.33. The van der Waals surface area contributed by atoms with Crippen molar-refractivity contribution in [1.29, 1.82) is 5.26 Å². The third-order valence-electron chi connectivity index (χ3n) is 3.17. The maximum atomic E-state index is 9.34. The summed E-state index contributed by atoms with van der Waals surface area (Å²) in [6.07, 6.45) is 0. The van der Waals surface area contributed by atoms with Crippen LogP contribution in [0.2, 0.25) is 0 Å². The number of anilines is 1. The molecule has 1 aromatic carbocycles. The molecule has 1 atom stereocenters. The fourth-order valence-electron chi connectivity index (χ4n) is 1.95. The molecule has 0 spiro atoms. The van der Waals surface area contributed by atoms with Gasteiger partial charge in [-0.1, -0.05) is 32.0 Å². The van der Waals surface area contributed by atoms with Crippen molar-refractivity contribution in [3.63, 3.8) is 0 Å². The number of benzene rings is 1. The smallest absolute Gasteiger partial charge is 0.128 e. The number of rotatable bonds is 4. The van der Waals surface area contributed by atoms with E-state index in [2.05, 4.69) is 16.4 Å². The van der Waals surface area contributed by atoms with Crippen molar-refractivity contribution in [3.05, 3.63) is 35.9 Å². The average Bonchev–Trinajstić information content (AvgIpc) is 2.43. The Hall–Kier alpha value is -2.12. The first-order chi connectivity index (χ1) is 9.15. The van der Waals surface area contributed by atoms with Crippen LogP contribution in [0.25, 0.3) is 10.9 Å². The van der Waals surface area contributed by atoms with E-state index in [0.29, 0.717) is 11.4 Å². The Kier molecular flexibility index (Phi) is 3.98. The molecule has 0 aliphatic heterocycles. The van der Waals surface area contributed by atoms with Crippen LogP contribution in [0.3, 0.4) is 0 Å². The quantitative estimate of drug-likeness (QED) is 0.880. The van der Waals surface area contributed by atoms with E-state index in [1.807, 2.05) is 38.1 Å². The van der Waals surface area contributed by atoms with Crippen LogP contribution in [0.1, 0.15) is 19.4 Å². The van der Waals surface area contributed by atoms with E-state index in [-0.39, 0.29) is 18.6 Å². The van der Waals surface area contributed by atoms with E-state index in [1.54, 1.807) is 6.07 Å². The van der Waals surface area contributed by atoms with Gasteiger partial charge in [0, 0.05) is 5.39 Å². The lowest BCUT2D eigenvalue weighted by Gasteiger charge is -2.20. The van der Waals surface area contributed by atoms with Crippen molar-refractivity contribution >= 4 is 16.7 Å². The topological polar surface area (TPSA) is 68.9 Å². The zero-order chi connectivity index (χ0) is 13.8. The van der Waals surface area contributed by atoms with Crippen LogP contribution < -0.4 is 5.32 Å². The molecule has 0 fully saturated rings. The summed E-state index contributed by atoms with van der Waals surface area (Å²) >= 11 is 0. The molecule has 1 aromatic heterocycles. The lowest BCUT2D eigenvalue weighted by atomic mass is 10.1. The molecule has 0 saturated heterocycles. The molecular formula is C15H17N3O.